The van der Waals surface area contributed by atoms with Crippen molar-refractivity contribution in [3.63, 3.8) is 0 Å². The van der Waals surface area contributed by atoms with Crippen LogP contribution in [0.3, 0.4) is 0 Å². The number of nitrogens with zero attached hydrogens (tertiary/aromatic N) is 1. The van der Waals surface area contributed by atoms with Gasteiger partial charge in [-0.05, 0) is 52.5 Å². The Hall–Kier alpha value is -1.46. The molecular weight excluding hydrogens is 446 g/mol. The minimum Gasteiger partial charge on any atom is -0.373 e. The van der Waals surface area contributed by atoms with Crippen LogP contribution in [0.15, 0.2) is 45.3 Å². The van der Waals surface area contributed by atoms with Gasteiger partial charge in [0, 0.05) is 46.5 Å². The summed E-state index contributed by atoms with van der Waals surface area (Å²) in [5.41, 5.74) is 3.96. The SMILES string of the molecule is CN1CCC(=O)c2cccc(Br)c21.O=C1CCCc2c(Br)cccc21. The van der Waals surface area contributed by atoms with E-state index in [-0.39, 0.29) is 11.6 Å². The zero-order chi connectivity index (χ0) is 18.0. The molecule has 2 aromatic carbocycles. The molecule has 0 atom stereocenters. The van der Waals surface area contributed by atoms with Crippen LogP contribution in [0.1, 0.15) is 45.5 Å². The zero-order valence-electron chi connectivity index (χ0n) is 14.0. The minimum absolute atomic E-state index is 0.245. The highest BCUT2D eigenvalue weighted by Gasteiger charge is 2.22. The molecule has 0 amide bonds. The van der Waals surface area contributed by atoms with E-state index in [0.717, 1.165) is 45.1 Å². The molecule has 2 aliphatic rings. The number of hydrogen-bond acceptors (Lipinski definition) is 3. The molecule has 1 aliphatic heterocycles. The number of carbonyl (C=O) groups excluding carboxylic acids is 2. The highest BCUT2D eigenvalue weighted by Crippen LogP contribution is 2.33. The second-order valence-electron chi connectivity index (χ2n) is 6.27. The van der Waals surface area contributed by atoms with Gasteiger partial charge in [0.05, 0.1) is 5.69 Å². The smallest absolute Gasteiger partial charge is 0.166 e. The molecule has 2 aromatic rings. The highest BCUT2D eigenvalue weighted by atomic mass is 79.9. The highest BCUT2D eigenvalue weighted by molar-refractivity contribution is 9.10. The van der Waals surface area contributed by atoms with Crippen LogP contribution < -0.4 is 4.90 Å². The average Bonchev–Trinajstić information content (AvgIpc) is 2.60. The van der Waals surface area contributed by atoms with Gasteiger partial charge in [0.25, 0.3) is 0 Å². The largest absolute Gasteiger partial charge is 0.373 e. The fourth-order valence-electron chi connectivity index (χ4n) is 3.28. The fourth-order valence-corrected chi connectivity index (χ4v) is 4.51. The number of para-hydroxylation sites is 1. The number of carbonyl (C=O) groups is 2. The van der Waals surface area contributed by atoms with Gasteiger partial charge in [-0.2, -0.15) is 0 Å². The number of hydrogen-bond donors (Lipinski definition) is 0. The Balaban J connectivity index is 0.000000146. The van der Waals surface area contributed by atoms with Gasteiger partial charge >= 0.3 is 0 Å². The van der Waals surface area contributed by atoms with E-state index in [2.05, 4.69) is 36.8 Å². The third-order valence-corrected chi connectivity index (χ3v) is 5.98. The quantitative estimate of drug-likeness (QED) is 0.520. The van der Waals surface area contributed by atoms with Crippen molar-refractivity contribution >= 4 is 49.1 Å². The summed E-state index contributed by atoms with van der Waals surface area (Å²) in [5.74, 6) is 0.534. The average molecular weight is 465 g/mol. The minimum atomic E-state index is 0.245. The fraction of sp³-hybridized carbons (Fsp3) is 0.300. The molecule has 0 N–H and O–H groups in total. The molecule has 1 aliphatic carbocycles. The molecule has 0 bridgehead atoms. The lowest BCUT2D eigenvalue weighted by molar-refractivity contribution is 0.0967. The summed E-state index contributed by atoms with van der Waals surface area (Å²) >= 11 is 6.91. The van der Waals surface area contributed by atoms with E-state index >= 15 is 0 Å². The van der Waals surface area contributed by atoms with Gasteiger partial charge in [-0.1, -0.05) is 34.1 Å². The zero-order valence-corrected chi connectivity index (χ0v) is 17.2. The second-order valence-corrected chi connectivity index (χ2v) is 7.98. The van der Waals surface area contributed by atoms with E-state index in [1.807, 2.05) is 43.4 Å². The van der Waals surface area contributed by atoms with Crippen molar-refractivity contribution in [2.45, 2.75) is 25.7 Å². The molecule has 1 heterocycles. The summed E-state index contributed by atoms with van der Waals surface area (Å²) < 4.78 is 2.08. The van der Waals surface area contributed by atoms with Crippen molar-refractivity contribution in [3.05, 3.63) is 62.0 Å². The number of ketones is 2. The summed E-state index contributed by atoms with van der Waals surface area (Å²) in [6, 6.07) is 11.6. The van der Waals surface area contributed by atoms with E-state index in [4.69, 9.17) is 0 Å². The summed E-state index contributed by atoms with van der Waals surface area (Å²) in [4.78, 5) is 25.1. The van der Waals surface area contributed by atoms with Crippen LogP contribution in [-0.4, -0.2) is 25.2 Å². The maximum atomic E-state index is 11.5. The number of benzene rings is 2. The van der Waals surface area contributed by atoms with Crippen molar-refractivity contribution in [1.82, 2.24) is 0 Å². The lowest BCUT2D eigenvalue weighted by Crippen LogP contribution is -2.28. The van der Waals surface area contributed by atoms with Gasteiger partial charge in [0.2, 0.25) is 0 Å². The molecule has 0 radical (unpaired) electrons. The molecule has 25 heavy (non-hydrogen) atoms. The summed E-state index contributed by atoms with van der Waals surface area (Å²) in [6.07, 6.45) is 3.36. The summed E-state index contributed by atoms with van der Waals surface area (Å²) in [7, 11) is 2.01. The number of halogens is 2. The summed E-state index contributed by atoms with van der Waals surface area (Å²) in [5, 5.41) is 0. The monoisotopic (exact) mass is 463 g/mol. The molecule has 0 fully saturated rings. The predicted molar refractivity (Wildman–Crippen MR) is 108 cm³/mol. The van der Waals surface area contributed by atoms with Crippen molar-refractivity contribution in [1.29, 1.82) is 0 Å². The van der Waals surface area contributed by atoms with E-state index < -0.39 is 0 Å². The van der Waals surface area contributed by atoms with Crippen molar-refractivity contribution in [2.24, 2.45) is 0 Å². The summed E-state index contributed by atoms with van der Waals surface area (Å²) in [6.45, 7) is 0.814. The molecule has 5 heteroatoms. The molecule has 4 rings (SSSR count). The van der Waals surface area contributed by atoms with E-state index in [9.17, 15) is 9.59 Å². The molecule has 0 saturated carbocycles. The van der Waals surface area contributed by atoms with Gasteiger partial charge in [-0.25, -0.2) is 0 Å². The van der Waals surface area contributed by atoms with Crippen molar-refractivity contribution < 1.29 is 9.59 Å². The Kier molecular flexibility index (Phi) is 5.74. The van der Waals surface area contributed by atoms with Crippen LogP contribution in [-0.2, 0) is 6.42 Å². The molecule has 130 valence electrons. The Bertz CT molecular complexity index is 832. The van der Waals surface area contributed by atoms with Gasteiger partial charge in [-0.3, -0.25) is 9.59 Å². The number of rotatable bonds is 0. The van der Waals surface area contributed by atoms with Gasteiger partial charge in [-0.15, -0.1) is 0 Å². The molecule has 0 saturated heterocycles. The Morgan fingerprint density at radius 1 is 0.840 bits per heavy atom. The molecular formula is C20H19Br2NO2. The first-order valence-corrected chi connectivity index (χ1v) is 9.91. The maximum absolute atomic E-state index is 11.5. The van der Waals surface area contributed by atoms with Crippen LogP contribution in [0.4, 0.5) is 5.69 Å². The first kappa shape index (κ1) is 18.3. The Morgan fingerprint density at radius 2 is 1.48 bits per heavy atom. The second kappa shape index (κ2) is 7.83. The van der Waals surface area contributed by atoms with Crippen molar-refractivity contribution in [2.75, 3.05) is 18.5 Å². The van der Waals surface area contributed by atoms with Crippen molar-refractivity contribution in [3.8, 4) is 0 Å². The third-order valence-electron chi connectivity index (χ3n) is 4.59. The van der Waals surface area contributed by atoms with Crippen LogP contribution in [0.25, 0.3) is 0 Å². The molecule has 0 aromatic heterocycles. The van der Waals surface area contributed by atoms with Crippen LogP contribution >= 0.6 is 31.9 Å². The topological polar surface area (TPSA) is 37.4 Å². The first-order chi connectivity index (χ1) is 12.0. The van der Waals surface area contributed by atoms with E-state index in [1.165, 1.54) is 5.56 Å². The molecule has 3 nitrogen and oxygen atoms in total. The van der Waals surface area contributed by atoms with E-state index in [0.29, 0.717) is 12.8 Å². The van der Waals surface area contributed by atoms with Gasteiger partial charge in [0.15, 0.2) is 11.6 Å². The van der Waals surface area contributed by atoms with Gasteiger partial charge < -0.3 is 4.90 Å². The van der Waals surface area contributed by atoms with E-state index in [1.54, 1.807) is 0 Å². The number of anilines is 1. The van der Waals surface area contributed by atoms with Crippen LogP contribution in [0.5, 0.6) is 0 Å². The number of fused-ring (bicyclic) bond motifs is 2. The lowest BCUT2D eigenvalue weighted by atomic mass is 9.91. The van der Waals surface area contributed by atoms with Crippen LogP contribution in [0.2, 0.25) is 0 Å². The first-order valence-electron chi connectivity index (χ1n) is 8.32. The molecule has 0 unspecified atom stereocenters. The molecule has 0 spiro atoms. The predicted octanol–water partition coefficient (Wildman–Crippen LogP) is 5.44. The number of Topliss-reactive ketones (excluding diaryl/α,β-unsaturated/α-hetero) is 2. The standard InChI is InChI=1S/C10H10BrNO.C10H9BrO/c1-12-6-5-9(13)7-3-2-4-8(11)10(7)12;11-9-5-1-4-8-7(9)3-2-6-10(8)12/h2-4H,5-6H2,1H3;1,4-5H,2-3,6H2. The van der Waals surface area contributed by atoms with Crippen LogP contribution in [0, 0.1) is 0 Å². The third kappa shape index (κ3) is 3.87. The Labute approximate surface area is 164 Å². The van der Waals surface area contributed by atoms with Gasteiger partial charge in [0.1, 0.15) is 0 Å². The Morgan fingerprint density at radius 3 is 2.16 bits per heavy atom. The maximum Gasteiger partial charge on any atom is 0.166 e. The lowest BCUT2D eigenvalue weighted by Gasteiger charge is -2.27. The normalized spacial score (nSPS) is 15.9.